The number of imidazole rings is 1. The maximum Gasteiger partial charge on any atom is 0.335 e. The number of carboxylic acids is 1. The Hall–Kier alpha value is -2.32. The number of thiophene rings is 1. The van der Waals surface area contributed by atoms with Crippen LogP contribution in [0.5, 0.6) is 5.75 Å². The van der Waals surface area contributed by atoms with Gasteiger partial charge in [0.1, 0.15) is 11.3 Å². The first-order valence-electron chi connectivity index (χ1n) is 9.02. The molecule has 1 N–H and O–H groups in total. The van der Waals surface area contributed by atoms with Crippen molar-refractivity contribution in [3.63, 3.8) is 0 Å². The summed E-state index contributed by atoms with van der Waals surface area (Å²) < 4.78 is 12.1. The second kappa shape index (κ2) is 6.35. The highest BCUT2D eigenvalue weighted by Gasteiger charge is 2.27. The number of hydrogen-bond donors (Lipinski definition) is 1. The quantitative estimate of drug-likeness (QED) is 0.448. The van der Waals surface area contributed by atoms with Gasteiger partial charge in [-0.2, -0.15) is 0 Å². The monoisotopic (exact) mass is 459 g/mol. The maximum atomic E-state index is 11.5. The highest BCUT2D eigenvalue weighted by Crippen LogP contribution is 2.41. The molecule has 0 radical (unpaired) electrons. The number of halogens is 1. The van der Waals surface area contributed by atoms with Gasteiger partial charge < -0.3 is 19.0 Å². The zero-order valence-electron chi connectivity index (χ0n) is 15.4. The van der Waals surface area contributed by atoms with Crippen LogP contribution in [0.3, 0.4) is 0 Å². The van der Waals surface area contributed by atoms with E-state index in [1.54, 1.807) is 30.6 Å². The fraction of sp³-hybridized carbons (Fsp3) is 0.300. The highest BCUT2D eigenvalue weighted by atomic mass is 79.9. The lowest BCUT2D eigenvalue weighted by molar-refractivity contribution is 0.0696. The number of carbonyl (C=O) groups is 1. The number of aryl methyl sites for hydroxylation is 1. The van der Waals surface area contributed by atoms with E-state index in [4.69, 9.17) is 9.72 Å². The minimum atomic E-state index is -0.992. The van der Waals surface area contributed by atoms with Crippen LogP contribution in [-0.4, -0.2) is 32.3 Å². The van der Waals surface area contributed by atoms with Crippen molar-refractivity contribution in [2.45, 2.75) is 19.4 Å². The number of benzene rings is 1. The molecule has 0 unspecified atom stereocenters. The first-order valence-corrected chi connectivity index (χ1v) is 10.7. The van der Waals surface area contributed by atoms with Crippen molar-refractivity contribution in [3.05, 3.63) is 33.6 Å². The third kappa shape index (κ3) is 2.66. The van der Waals surface area contributed by atoms with Crippen molar-refractivity contribution in [2.75, 3.05) is 7.11 Å². The molecule has 0 saturated heterocycles. The van der Waals surface area contributed by atoms with Crippen LogP contribution in [0, 0.1) is 5.92 Å². The highest BCUT2D eigenvalue weighted by molar-refractivity contribution is 9.10. The molecule has 1 aliphatic rings. The lowest BCUT2D eigenvalue weighted by atomic mass is 10.2. The van der Waals surface area contributed by atoms with Crippen LogP contribution in [0.15, 0.2) is 28.1 Å². The molecular weight excluding hydrogens is 442 g/mol. The van der Waals surface area contributed by atoms with E-state index < -0.39 is 5.97 Å². The Morgan fingerprint density at radius 1 is 1.36 bits per heavy atom. The van der Waals surface area contributed by atoms with Crippen molar-refractivity contribution < 1.29 is 14.6 Å². The van der Waals surface area contributed by atoms with Crippen LogP contribution in [0.25, 0.3) is 32.8 Å². The zero-order valence-corrected chi connectivity index (χ0v) is 17.8. The van der Waals surface area contributed by atoms with E-state index >= 15 is 0 Å². The molecule has 0 bridgehead atoms. The Bertz CT molecular complexity index is 1250. The zero-order chi connectivity index (χ0) is 19.6. The Morgan fingerprint density at radius 3 is 2.82 bits per heavy atom. The van der Waals surface area contributed by atoms with Gasteiger partial charge in [-0.25, -0.2) is 9.78 Å². The van der Waals surface area contributed by atoms with Crippen molar-refractivity contribution in [2.24, 2.45) is 13.0 Å². The number of aromatic nitrogens is 3. The van der Waals surface area contributed by atoms with Gasteiger partial charge in [0, 0.05) is 19.0 Å². The summed E-state index contributed by atoms with van der Waals surface area (Å²) in [4.78, 5) is 16.3. The minimum Gasteiger partial charge on any atom is -0.494 e. The number of ether oxygens (including phenoxy) is 1. The number of nitrogens with zero attached hydrogens (tertiary/aromatic N) is 3. The van der Waals surface area contributed by atoms with E-state index in [9.17, 15) is 9.90 Å². The van der Waals surface area contributed by atoms with Gasteiger partial charge in [0.05, 0.1) is 38.6 Å². The molecular formula is C20H18BrN3O3S. The molecule has 0 amide bonds. The number of aromatic carboxylic acids is 1. The van der Waals surface area contributed by atoms with Gasteiger partial charge in [0.25, 0.3) is 0 Å². The summed E-state index contributed by atoms with van der Waals surface area (Å²) in [6, 6.07) is 5.34. The maximum absolute atomic E-state index is 11.5. The van der Waals surface area contributed by atoms with Crippen LogP contribution < -0.4 is 4.74 Å². The lowest BCUT2D eigenvalue weighted by Gasteiger charge is -2.11. The van der Waals surface area contributed by atoms with Gasteiger partial charge in [-0.3, -0.25) is 0 Å². The fourth-order valence-corrected chi connectivity index (χ4v) is 5.48. The van der Waals surface area contributed by atoms with Gasteiger partial charge in [-0.05, 0) is 52.9 Å². The molecule has 8 heteroatoms. The standard InChI is InChI=1S/C20H18BrN3O3S/c1-23-18-13(5-11(20(25)26)6-15(18)27-2)22-19(23)14-7-16-17(12(21)9-28-16)24(14)8-10-3-4-10/h5-7,9-10H,3-4,8H2,1-2H3,(H,25,26). The van der Waals surface area contributed by atoms with Gasteiger partial charge in [-0.15, -0.1) is 11.3 Å². The first-order chi connectivity index (χ1) is 13.5. The minimum absolute atomic E-state index is 0.172. The van der Waals surface area contributed by atoms with E-state index in [0.29, 0.717) is 17.2 Å². The second-order valence-electron chi connectivity index (χ2n) is 7.23. The lowest BCUT2D eigenvalue weighted by Crippen LogP contribution is -2.05. The summed E-state index contributed by atoms with van der Waals surface area (Å²) in [6.45, 7) is 0.967. The number of methoxy groups -OCH3 is 1. The number of carboxylic acid groups (broad SMARTS) is 1. The molecule has 0 aliphatic heterocycles. The average Bonchev–Trinajstić information content (AvgIpc) is 3.19. The smallest absolute Gasteiger partial charge is 0.335 e. The van der Waals surface area contributed by atoms with Crippen LogP contribution in [0.4, 0.5) is 0 Å². The molecule has 1 aromatic carbocycles. The molecule has 144 valence electrons. The third-order valence-corrected chi connectivity index (χ3v) is 7.17. The normalized spacial score (nSPS) is 14.2. The molecule has 1 saturated carbocycles. The van der Waals surface area contributed by atoms with Crippen molar-refractivity contribution in [1.29, 1.82) is 0 Å². The summed E-state index contributed by atoms with van der Waals surface area (Å²) >= 11 is 5.40. The van der Waals surface area contributed by atoms with Gasteiger partial charge in [0.2, 0.25) is 0 Å². The Labute approximate surface area is 173 Å². The van der Waals surface area contributed by atoms with Crippen molar-refractivity contribution >= 4 is 54.5 Å². The predicted molar refractivity (Wildman–Crippen MR) is 113 cm³/mol. The molecule has 4 aromatic rings. The van der Waals surface area contributed by atoms with E-state index in [2.05, 4.69) is 31.9 Å². The Morgan fingerprint density at radius 2 is 2.14 bits per heavy atom. The molecule has 1 aliphatic carbocycles. The molecule has 28 heavy (non-hydrogen) atoms. The fourth-order valence-electron chi connectivity index (χ4n) is 3.78. The summed E-state index contributed by atoms with van der Waals surface area (Å²) in [5, 5.41) is 11.5. The summed E-state index contributed by atoms with van der Waals surface area (Å²) in [5.41, 5.74) is 3.84. The molecule has 5 rings (SSSR count). The Kier molecular flexibility index (Phi) is 4.03. The summed E-state index contributed by atoms with van der Waals surface area (Å²) in [5.74, 6) is 1.05. The molecule has 3 heterocycles. The average molecular weight is 460 g/mol. The largest absolute Gasteiger partial charge is 0.494 e. The molecule has 1 fully saturated rings. The second-order valence-corrected chi connectivity index (χ2v) is 8.99. The van der Waals surface area contributed by atoms with Gasteiger partial charge >= 0.3 is 5.97 Å². The van der Waals surface area contributed by atoms with Crippen LogP contribution in [0.2, 0.25) is 0 Å². The van der Waals surface area contributed by atoms with Crippen LogP contribution in [0.1, 0.15) is 23.2 Å². The topological polar surface area (TPSA) is 69.3 Å². The van der Waals surface area contributed by atoms with Gasteiger partial charge in [-0.1, -0.05) is 0 Å². The molecule has 6 nitrogen and oxygen atoms in total. The summed E-state index contributed by atoms with van der Waals surface area (Å²) in [6.07, 6.45) is 2.53. The number of hydrogen-bond acceptors (Lipinski definition) is 4. The number of rotatable bonds is 5. The SMILES string of the molecule is COc1cc(C(=O)O)cc2nc(-c3cc4scc(Br)c4n3CC3CC3)n(C)c12. The van der Waals surface area contributed by atoms with E-state index in [0.717, 1.165) is 28.1 Å². The van der Waals surface area contributed by atoms with Crippen LogP contribution in [-0.2, 0) is 13.6 Å². The van der Waals surface area contributed by atoms with Crippen LogP contribution >= 0.6 is 27.3 Å². The van der Waals surface area contributed by atoms with Gasteiger partial charge in [0.15, 0.2) is 5.82 Å². The first kappa shape index (κ1) is 17.8. The van der Waals surface area contributed by atoms with E-state index in [1.165, 1.54) is 23.1 Å². The van der Waals surface area contributed by atoms with Crippen molar-refractivity contribution in [1.82, 2.24) is 14.1 Å². The molecule has 0 spiro atoms. The summed E-state index contributed by atoms with van der Waals surface area (Å²) in [7, 11) is 3.50. The molecule has 0 atom stereocenters. The predicted octanol–water partition coefficient (Wildman–Crippen LogP) is 5.14. The van der Waals surface area contributed by atoms with E-state index in [-0.39, 0.29) is 5.56 Å². The molecule has 3 aromatic heterocycles. The number of fused-ring (bicyclic) bond motifs is 2. The Balaban J connectivity index is 1.77. The van der Waals surface area contributed by atoms with Crippen molar-refractivity contribution in [3.8, 4) is 17.3 Å². The van der Waals surface area contributed by atoms with E-state index in [1.807, 2.05) is 11.6 Å². The third-order valence-electron chi connectivity index (χ3n) is 5.35.